The number of hydrogen-bond acceptors (Lipinski definition) is 5. The van der Waals surface area contributed by atoms with Gasteiger partial charge in [0, 0.05) is 60.2 Å². The van der Waals surface area contributed by atoms with Gasteiger partial charge in [-0.25, -0.2) is 0 Å². The van der Waals surface area contributed by atoms with Crippen molar-refractivity contribution in [3.05, 3.63) is 187 Å². The summed E-state index contributed by atoms with van der Waals surface area (Å²) in [5, 5.41) is 3.93. The van der Waals surface area contributed by atoms with Crippen molar-refractivity contribution < 1.29 is 0 Å². The molecule has 342 valence electrons. The minimum Gasteiger partial charge on any atom is -0.312 e. The molecule has 7 aliphatic heterocycles. The highest BCUT2D eigenvalue weighted by atomic mass is 32.4. The molecule has 16 rings (SSSR count). The molecule has 0 fully saturated rings. The molecule has 72 heavy (non-hydrogen) atoms. The van der Waals surface area contributed by atoms with Crippen LogP contribution in [0.15, 0.2) is 180 Å². The zero-order valence-corrected chi connectivity index (χ0v) is 43.8. The number of hydrogen-bond donors (Lipinski definition) is 0. The average Bonchev–Trinajstić information content (AvgIpc) is 3.41. The third-order valence-corrected chi connectivity index (χ3v) is 23.4. The molecular formula is C63H49B3N3PS2. The number of fused-ring (bicyclic) bond motifs is 20. The van der Waals surface area contributed by atoms with Gasteiger partial charge >= 0.3 is 0 Å². The lowest BCUT2D eigenvalue weighted by Crippen LogP contribution is -2.71. The highest BCUT2D eigenvalue weighted by molar-refractivity contribution is 8.26. The van der Waals surface area contributed by atoms with E-state index in [0.717, 1.165) is 0 Å². The smallest absolute Gasteiger partial charge is 0.252 e. The third kappa shape index (κ3) is 5.07. The lowest BCUT2D eigenvalue weighted by Gasteiger charge is -2.56. The summed E-state index contributed by atoms with van der Waals surface area (Å²) in [6, 6.07) is 63.4. The van der Waals surface area contributed by atoms with E-state index < -0.39 is 6.04 Å². The highest BCUT2D eigenvalue weighted by Gasteiger charge is 2.58. The fourth-order valence-electron chi connectivity index (χ4n) is 14.5. The minimum absolute atomic E-state index is 0.0242. The zero-order chi connectivity index (χ0) is 48.2. The van der Waals surface area contributed by atoms with Crippen LogP contribution in [0.4, 0.5) is 51.2 Å². The first kappa shape index (κ1) is 42.1. The van der Waals surface area contributed by atoms with Crippen LogP contribution in [-0.2, 0) is 11.8 Å². The molecule has 1 atom stereocenters. The van der Waals surface area contributed by atoms with Crippen molar-refractivity contribution in [2.24, 2.45) is 0 Å². The summed E-state index contributed by atoms with van der Waals surface area (Å²) < 4.78 is 0. The number of anilines is 9. The van der Waals surface area contributed by atoms with E-state index in [2.05, 4.69) is 226 Å². The standard InChI is InChI=1S/C63H49B3N3PS2/c1-35(2)38-31-39(36(3)4)57(40(32-38)37(5)6)66-44-22-10-18-30-55(44)72-56-34-52-45(33-46(56)66)65-43-21-9-12-24-48(43)68-51-27-15-17-29-54(51)70(71)53-28-16-14-26-50(53)67-47-23-11-7-19-41(47)64-42-20-8-13-25-49(42)69(52)60-58(64)61(67)63(70)62(68)59(60)65/h7-37H,1-6H3. The van der Waals surface area contributed by atoms with Crippen molar-refractivity contribution in [1.82, 2.24) is 0 Å². The molecule has 0 spiro atoms. The van der Waals surface area contributed by atoms with Crippen LogP contribution in [0.2, 0.25) is 0 Å². The molecule has 0 aromatic heterocycles. The molecule has 0 aliphatic carbocycles. The monoisotopic (exact) mass is 975 g/mol. The topological polar surface area (TPSA) is 9.72 Å². The summed E-state index contributed by atoms with van der Waals surface area (Å²) in [6.07, 6.45) is 0. The summed E-state index contributed by atoms with van der Waals surface area (Å²) in [4.78, 5) is 10.7. The summed E-state index contributed by atoms with van der Waals surface area (Å²) >= 11 is 9.59. The molecule has 3 nitrogen and oxygen atoms in total. The molecule has 9 aromatic rings. The third-order valence-electron chi connectivity index (χ3n) is 17.4. The van der Waals surface area contributed by atoms with E-state index in [0.29, 0.717) is 17.8 Å². The molecule has 0 bridgehead atoms. The number of benzene rings is 9. The van der Waals surface area contributed by atoms with Crippen molar-refractivity contribution in [1.29, 1.82) is 0 Å². The number of para-hydroxylation sites is 5. The maximum absolute atomic E-state index is 7.62. The first-order valence-corrected chi connectivity index (χ1v) is 29.6. The fourth-order valence-corrected chi connectivity index (χ4v) is 20.4. The summed E-state index contributed by atoms with van der Waals surface area (Å²) in [6.45, 7) is 14.4. The van der Waals surface area contributed by atoms with E-state index in [1.807, 2.05) is 11.8 Å². The molecular weight excluding hydrogens is 926 g/mol. The Morgan fingerprint density at radius 3 is 1.33 bits per heavy atom. The van der Waals surface area contributed by atoms with Gasteiger partial charge in [-0.2, -0.15) is 0 Å². The molecule has 0 saturated carbocycles. The van der Waals surface area contributed by atoms with E-state index >= 15 is 0 Å². The minimum atomic E-state index is -2.67. The average molecular weight is 976 g/mol. The van der Waals surface area contributed by atoms with E-state index in [9.17, 15) is 0 Å². The second-order valence-electron chi connectivity index (χ2n) is 22.0. The molecule has 9 aromatic carbocycles. The second kappa shape index (κ2) is 14.6. The number of rotatable bonds is 4. The Hall–Kier alpha value is -6.43. The molecule has 7 aliphatic rings. The molecule has 9 heteroatoms. The largest absolute Gasteiger partial charge is 0.312 e. The summed E-state index contributed by atoms with van der Waals surface area (Å²) in [7, 11) is 0. The van der Waals surface area contributed by atoms with E-state index in [4.69, 9.17) is 11.8 Å². The molecule has 1 unspecified atom stereocenters. The predicted molar refractivity (Wildman–Crippen MR) is 317 cm³/mol. The van der Waals surface area contributed by atoms with Crippen molar-refractivity contribution in [2.75, 3.05) is 14.7 Å². The van der Waals surface area contributed by atoms with Crippen LogP contribution in [0.5, 0.6) is 0 Å². The van der Waals surface area contributed by atoms with Crippen molar-refractivity contribution in [3.8, 4) is 0 Å². The quantitative estimate of drug-likeness (QED) is 0.128. The lowest BCUT2D eigenvalue weighted by molar-refractivity contribution is 0.812. The maximum atomic E-state index is 7.62. The number of nitrogens with zero attached hydrogens (tertiary/aromatic N) is 3. The van der Waals surface area contributed by atoms with Gasteiger partial charge in [0.1, 0.15) is 0 Å². The van der Waals surface area contributed by atoms with E-state index in [1.165, 1.54) is 143 Å². The van der Waals surface area contributed by atoms with Crippen molar-refractivity contribution in [2.45, 2.75) is 69.1 Å². The normalized spacial score (nSPS) is 17.0. The Bertz CT molecular complexity index is 3970. The Morgan fingerprint density at radius 2 is 0.819 bits per heavy atom. The second-order valence-corrected chi connectivity index (χ2v) is 27.3. The Kier molecular flexibility index (Phi) is 8.56. The van der Waals surface area contributed by atoms with Gasteiger partial charge in [0.2, 0.25) is 6.71 Å². The highest BCUT2D eigenvalue weighted by Crippen LogP contribution is 2.63. The first-order chi connectivity index (χ1) is 35.1. The van der Waals surface area contributed by atoms with Crippen LogP contribution in [0.3, 0.4) is 0 Å². The van der Waals surface area contributed by atoms with Gasteiger partial charge in [-0.1, -0.05) is 209 Å². The first-order valence-electron chi connectivity index (χ1n) is 26.0. The van der Waals surface area contributed by atoms with Crippen LogP contribution >= 0.6 is 17.8 Å². The maximum Gasteiger partial charge on any atom is 0.252 e. The van der Waals surface area contributed by atoms with Crippen LogP contribution in [0.1, 0.15) is 76.0 Å². The van der Waals surface area contributed by atoms with Crippen LogP contribution in [0, 0.1) is 0 Å². The zero-order valence-electron chi connectivity index (χ0n) is 41.2. The van der Waals surface area contributed by atoms with Crippen LogP contribution in [0.25, 0.3) is 0 Å². The van der Waals surface area contributed by atoms with E-state index in [1.54, 1.807) is 0 Å². The Morgan fingerprint density at radius 1 is 0.389 bits per heavy atom. The van der Waals surface area contributed by atoms with Gasteiger partial charge in [-0.15, -0.1) is 0 Å². The van der Waals surface area contributed by atoms with Gasteiger partial charge in [-0.3, -0.25) is 0 Å². The molecule has 0 N–H and O–H groups in total. The van der Waals surface area contributed by atoms with Crippen LogP contribution < -0.4 is 79.8 Å². The van der Waals surface area contributed by atoms with Crippen molar-refractivity contribution in [3.63, 3.8) is 0 Å². The van der Waals surface area contributed by atoms with Gasteiger partial charge in [0.15, 0.2) is 0 Å². The predicted octanol–water partition coefficient (Wildman–Crippen LogP) is 9.12. The molecule has 0 radical (unpaired) electrons. The van der Waals surface area contributed by atoms with Crippen LogP contribution in [-0.4, -0.2) is 20.1 Å². The SMILES string of the molecule is CC(C)c1cc(C(C)C)c(B2c3ccccc3Sc3cc4c(cc32)B2c3ccccc3N3c5ccccc5P5(=S)c6ccccc6N6c7ccccc7B7c8ccccc8N4c4c7c6c5c3c42)c(C(C)C)c1. The summed E-state index contributed by atoms with van der Waals surface area (Å²) in [5.74, 6) is 1.15. The van der Waals surface area contributed by atoms with Gasteiger partial charge in [0.05, 0.1) is 22.7 Å². The van der Waals surface area contributed by atoms with Gasteiger partial charge < -0.3 is 14.7 Å². The van der Waals surface area contributed by atoms with Crippen molar-refractivity contribution >= 4 is 166 Å². The van der Waals surface area contributed by atoms with Gasteiger partial charge in [-0.05, 0) is 110 Å². The molecule has 0 amide bonds. The lowest BCUT2D eigenvalue weighted by atomic mass is 9.28. The van der Waals surface area contributed by atoms with Gasteiger partial charge in [0.25, 0.3) is 13.4 Å². The Labute approximate surface area is 433 Å². The molecule has 7 heterocycles. The van der Waals surface area contributed by atoms with E-state index in [-0.39, 0.29) is 20.1 Å². The fraction of sp³-hybridized carbons (Fsp3) is 0.143. The molecule has 0 saturated heterocycles. The summed E-state index contributed by atoms with van der Waals surface area (Å²) in [5.41, 5.74) is 28.4. The Balaban J connectivity index is 1.08.